The molecule has 0 radical (unpaired) electrons. The molecule has 0 aliphatic heterocycles. The first kappa shape index (κ1) is 37.5. The van der Waals surface area contributed by atoms with Crippen molar-refractivity contribution in [1.29, 1.82) is 0 Å². The molecule has 12 nitrogen and oxygen atoms in total. The van der Waals surface area contributed by atoms with Gasteiger partial charge >= 0.3 is 11.9 Å². The molecular weight excluding hydrogens is 620 g/mol. The molecule has 0 aromatic heterocycles. The van der Waals surface area contributed by atoms with Crippen LogP contribution in [0.25, 0.3) is 0 Å². The molecule has 0 aliphatic carbocycles. The predicted octanol–water partition coefficient (Wildman–Crippen LogP) is 5.14. The Hall–Kier alpha value is -4.94. The summed E-state index contributed by atoms with van der Waals surface area (Å²) in [7, 11) is 0. The minimum absolute atomic E-state index is 0.120. The Balaban J connectivity index is 1.34. The Bertz CT molecular complexity index is 1300. The zero-order chi connectivity index (χ0) is 34.4. The molecule has 0 unspecified atom stereocenters. The summed E-state index contributed by atoms with van der Waals surface area (Å²) in [4.78, 5) is 48.8. The largest absolute Gasteiger partial charge is 0.490 e. The van der Waals surface area contributed by atoms with E-state index in [9.17, 15) is 19.2 Å². The highest BCUT2D eigenvalue weighted by atomic mass is 16.6. The van der Waals surface area contributed by atoms with Crippen LogP contribution in [0.5, 0.6) is 11.5 Å². The van der Waals surface area contributed by atoms with Crippen molar-refractivity contribution in [1.82, 2.24) is 0 Å². The molecule has 0 saturated carbocycles. The van der Waals surface area contributed by atoms with Gasteiger partial charge in [0.05, 0.1) is 0 Å². The van der Waals surface area contributed by atoms with Gasteiger partial charge in [0.25, 0.3) is 11.8 Å². The van der Waals surface area contributed by atoms with Crippen LogP contribution < -0.4 is 20.1 Å². The highest BCUT2D eigenvalue weighted by Gasteiger charge is 2.11. The highest BCUT2D eigenvalue weighted by molar-refractivity contribution is 6.07. The first-order valence-electron chi connectivity index (χ1n) is 16.1. The Labute approximate surface area is 280 Å². The van der Waals surface area contributed by atoms with Gasteiger partial charge in [-0.1, -0.05) is 12.8 Å². The molecule has 2 amide bonds. The van der Waals surface area contributed by atoms with Crippen LogP contribution in [0.1, 0.15) is 72.1 Å². The maximum atomic E-state index is 12.7. The molecule has 0 aliphatic rings. The number of benzene rings is 3. The van der Waals surface area contributed by atoms with E-state index in [0.29, 0.717) is 72.5 Å². The van der Waals surface area contributed by atoms with Gasteiger partial charge in [-0.25, -0.2) is 0 Å². The Morgan fingerprint density at radius 2 is 0.854 bits per heavy atom. The van der Waals surface area contributed by atoms with Crippen LogP contribution in [-0.2, 0) is 19.1 Å². The van der Waals surface area contributed by atoms with Crippen LogP contribution in [-0.4, -0.2) is 73.6 Å². The van der Waals surface area contributed by atoms with Gasteiger partial charge in [0.15, 0.2) is 0 Å². The summed E-state index contributed by atoms with van der Waals surface area (Å²) in [6.45, 7) is 0.888. The van der Waals surface area contributed by atoms with Crippen LogP contribution in [0.2, 0.25) is 0 Å². The summed E-state index contributed by atoms with van der Waals surface area (Å²) >= 11 is 0. The van der Waals surface area contributed by atoms with Crippen LogP contribution in [0.15, 0.2) is 72.8 Å². The number of unbranched alkanes of at least 4 members (excludes halogenated alkanes) is 4. The number of carbonyl (C=O) groups is 4. The van der Waals surface area contributed by atoms with E-state index in [1.165, 1.54) is 0 Å². The highest BCUT2D eigenvalue weighted by Crippen LogP contribution is 2.19. The van der Waals surface area contributed by atoms with Crippen molar-refractivity contribution < 1.29 is 48.3 Å². The molecule has 0 heterocycles. The quantitative estimate of drug-likeness (QED) is 0.0833. The smallest absolute Gasteiger partial charge is 0.305 e. The van der Waals surface area contributed by atoms with Gasteiger partial charge in [-0.2, -0.15) is 0 Å². The fraction of sp³-hybridized carbons (Fsp3) is 0.389. The van der Waals surface area contributed by atoms with Gasteiger partial charge in [0, 0.05) is 48.6 Å². The molecule has 3 aromatic rings. The fourth-order valence-electron chi connectivity index (χ4n) is 4.34. The van der Waals surface area contributed by atoms with Crippen molar-refractivity contribution in [3.8, 4) is 11.5 Å². The standard InChI is InChI=1S/C36H44N2O10/c39-21-5-1-3-7-33(41)47-25-23-45-31-17-13-29(14-18-31)37-35(43)27-9-11-28(12-10-27)36(44)38-30-15-19-32(20-16-30)46-24-26-48-34(42)8-4-2-6-22-40/h9-20,39-40H,1-8,21-26H2,(H,37,43)(H,38,44). The van der Waals surface area contributed by atoms with Crippen molar-refractivity contribution in [2.75, 3.05) is 50.3 Å². The third-order valence-corrected chi connectivity index (χ3v) is 6.94. The summed E-state index contributed by atoms with van der Waals surface area (Å²) in [5.74, 6) is -0.154. The number of aliphatic hydroxyl groups excluding tert-OH is 2. The lowest BCUT2D eigenvalue weighted by atomic mass is 10.1. The van der Waals surface area contributed by atoms with Crippen molar-refractivity contribution in [2.24, 2.45) is 0 Å². The molecule has 0 atom stereocenters. The maximum Gasteiger partial charge on any atom is 0.305 e. The summed E-state index contributed by atoms with van der Waals surface area (Å²) in [6, 6.07) is 19.8. The number of ether oxygens (including phenoxy) is 4. The molecule has 0 saturated heterocycles. The second-order valence-electron chi connectivity index (χ2n) is 10.7. The first-order chi connectivity index (χ1) is 23.4. The van der Waals surface area contributed by atoms with Crippen LogP contribution in [0, 0.1) is 0 Å². The van der Waals surface area contributed by atoms with Crippen LogP contribution in [0.3, 0.4) is 0 Å². The van der Waals surface area contributed by atoms with Crippen LogP contribution in [0.4, 0.5) is 11.4 Å². The van der Waals surface area contributed by atoms with Crippen molar-refractivity contribution in [3.63, 3.8) is 0 Å². The molecule has 258 valence electrons. The number of anilines is 2. The van der Waals surface area contributed by atoms with Crippen molar-refractivity contribution in [2.45, 2.75) is 51.4 Å². The van der Waals surface area contributed by atoms with E-state index in [2.05, 4.69) is 10.6 Å². The third-order valence-electron chi connectivity index (χ3n) is 6.94. The maximum absolute atomic E-state index is 12.7. The minimum atomic E-state index is -0.343. The monoisotopic (exact) mass is 664 g/mol. The van der Waals surface area contributed by atoms with Gasteiger partial charge in [0.1, 0.15) is 37.9 Å². The topological polar surface area (TPSA) is 170 Å². The molecule has 3 aromatic carbocycles. The first-order valence-corrected chi connectivity index (χ1v) is 16.1. The summed E-state index contributed by atoms with van der Waals surface area (Å²) in [6.07, 6.45) is 4.89. The predicted molar refractivity (Wildman–Crippen MR) is 179 cm³/mol. The van der Waals surface area contributed by atoms with E-state index >= 15 is 0 Å². The third kappa shape index (κ3) is 14.7. The number of esters is 2. The molecule has 12 heteroatoms. The molecule has 4 N–H and O–H groups in total. The zero-order valence-electron chi connectivity index (χ0n) is 27.0. The van der Waals surface area contributed by atoms with E-state index < -0.39 is 0 Å². The van der Waals surface area contributed by atoms with Crippen molar-refractivity contribution >= 4 is 35.1 Å². The summed E-state index contributed by atoms with van der Waals surface area (Å²) < 4.78 is 21.4. The zero-order valence-corrected chi connectivity index (χ0v) is 27.0. The average molecular weight is 665 g/mol. The average Bonchev–Trinajstić information content (AvgIpc) is 3.10. The Morgan fingerprint density at radius 1 is 0.479 bits per heavy atom. The van der Waals surface area contributed by atoms with Crippen molar-refractivity contribution in [3.05, 3.63) is 83.9 Å². The Morgan fingerprint density at radius 3 is 1.21 bits per heavy atom. The van der Waals surface area contributed by atoms with E-state index in [1.54, 1.807) is 72.8 Å². The minimum Gasteiger partial charge on any atom is -0.490 e. The Kier molecular flexibility index (Phi) is 17.0. The number of carbonyl (C=O) groups excluding carboxylic acids is 4. The van der Waals surface area contributed by atoms with Gasteiger partial charge in [-0.3, -0.25) is 19.2 Å². The number of amides is 2. The molecule has 0 fully saturated rings. The lowest BCUT2D eigenvalue weighted by molar-refractivity contribution is -0.145. The lowest BCUT2D eigenvalue weighted by Crippen LogP contribution is -2.14. The van der Waals surface area contributed by atoms with Gasteiger partial charge in [-0.15, -0.1) is 0 Å². The SMILES string of the molecule is O=C(CCCCCO)OCCOc1ccc(NC(=O)c2ccc(C(=O)Nc3ccc(OCCOC(=O)CCCCCO)cc3)cc2)cc1. The number of rotatable bonds is 22. The van der Waals surface area contributed by atoms with E-state index in [0.717, 1.165) is 12.8 Å². The summed E-state index contributed by atoms with van der Waals surface area (Å²) in [5.41, 5.74) is 1.86. The molecule has 0 spiro atoms. The second-order valence-corrected chi connectivity index (χ2v) is 10.7. The van der Waals surface area contributed by atoms with E-state index in [-0.39, 0.29) is 63.4 Å². The fourth-order valence-corrected chi connectivity index (χ4v) is 4.34. The number of hydrogen-bond acceptors (Lipinski definition) is 10. The number of nitrogens with one attached hydrogen (secondary N) is 2. The summed E-state index contributed by atoms with van der Waals surface area (Å²) in [5, 5.41) is 23.1. The van der Waals surface area contributed by atoms with Crippen LogP contribution >= 0.6 is 0 Å². The molecule has 48 heavy (non-hydrogen) atoms. The van der Waals surface area contributed by atoms with Gasteiger partial charge in [-0.05, 0) is 98.5 Å². The lowest BCUT2D eigenvalue weighted by Gasteiger charge is -2.10. The number of aliphatic hydroxyl groups is 2. The molecule has 3 rings (SSSR count). The van der Waals surface area contributed by atoms with Gasteiger partial charge < -0.3 is 39.8 Å². The second kappa shape index (κ2) is 21.8. The van der Waals surface area contributed by atoms with E-state index in [1.807, 2.05) is 0 Å². The van der Waals surface area contributed by atoms with Gasteiger partial charge in [0.2, 0.25) is 0 Å². The van der Waals surface area contributed by atoms with E-state index in [4.69, 9.17) is 29.2 Å². The molecule has 0 bridgehead atoms. The normalized spacial score (nSPS) is 10.5. The number of hydrogen-bond donors (Lipinski definition) is 4. The molecular formula is C36H44N2O10.